The lowest BCUT2D eigenvalue weighted by Crippen LogP contribution is -2.54. The number of carbonyl (C=O) groups excluding carboxylic acids is 2. The topological polar surface area (TPSA) is 80.7 Å². The summed E-state index contributed by atoms with van der Waals surface area (Å²) in [6.07, 6.45) is 8.27. The van der Waals surface area contributed by atoms with Crippen LogP contribution in [-0.4, -0.2) is 28.9 Å². The molecule has 0 aromatic heterocycles. The first-order valence-corrected chi connectivity index (χ1v) is 11.8. The molecule has 4 aliphatic carbocycles. The first-order chi connectivity index (χ1) is 14.2. The van der Waals surface area contributed by atoms with Gasteiger partial charge in [0.2, 0.25) is 0 Å². The number of carboxylic acids is 1. The van der Waals surface area contributed by atoms with Crippen molar-refractivity contribution in [2.45, 2.75) is 84.7 Å². The molecule has 5 heteroatoms. The van der Waals surface area contributed by atoms with Crippen molar-refractivity contribution in [1.29, 1.82) is 0 Å². The van der Waals surface area contributed by atoms with E-state index in [4.69, 9.17) is 9.84 Å². The fourth-order valence-corrected chi connectivity index (χ4v) is 7.88. The van der Waals surface area contributed by atoms with Crippen LogP contribution in [0.25, 0.3) is 0 Å². The van der Waals surface area contributed by atoms with E-state index in [-0.39, 0.29) is 30.3 Å². The summed E-state index contributed by atoms with van der Waals surface area (Å²) in [4.78, 5) is 35.1. The van der Waals surface area contributed by atoms with Crippen LogP contribution >= 0.6 is 0 Å². The number of ether oxygens (including phenoxy) is 1. The number of esters is 1. The Kier molecular flexibility index (Phi) is 5.84. The SMILES string of the molecule is C[C@@H]1CC2=CC(=O)CCC2C2C1C1CC[C@H](OC(=O)CCCC(=O)O)[C@@]1(C)C[C@@H]2C. The quantitative estimate of drug-likeness (QED) is 0.652. The summed E-state index contributed by atoms with van der Waals surface area (Å²) in [6, 6.07) is 0. The van der Waals surface area contributed by atoms with Gasteiger partial charge in [0.25, 0.3) is 0 Å². The van der Waals surface area contributed by atoms with Crippen molar-refractivity contribution in [1.82, 2.24) is 0 Å². The van der Waals surface area contributed by atoms with E-state index < -0.39 is 5.97 Å². The normalized spacial score (nSPS) is 42.6. The minimum atomic E-state index is -0.869. The van der Waals surface area contributed by atoms with Gasteiger partial charge in [0, 0.05) is 24.7 Å². The molecule has 8 atom stereocenters. The summed E-state index contributed by atoms with van der Waals surface area (Å²) >= 11 is 0. The Bertz CT molecular complexity index is 755. The highest BCUT2D eigenvalue weighted by molar-refractivity contribution is 5.91. The van der Waals surface area contributed by atoms with Gasteiger partial charge in [-0.1, -0.05) is 26.3 Å². The number of fused-ring (bicyclic) bond motifs is 5. The van der Waals surface area contributed by atoms with Gasteiger partial charge in [-0.15, -0.1) is 0 Å². The van der Waals surface area contributed by atoms with Crippen LogP contribution in [0.2, 0.25) is 0 Å². The molecule has 3 fully saturated rings. The maximum atomic E-state index is 12.4. The Labute approximate surface area is 179 Å². The van der Waals surface area contributed by atoms with Crippen molar-refractivity contribution in [2.24, 2.45) is 40.9 Å². The zero-order valence-corrected chi connectivity index (χ0v) is 18.6. The molecule has 0 aliphatic heterocycles. The molecule has 30 heavy (non-hydrogen) atoms. The molecule has 0 bridgehead atoms. The molecule has 4 unspecified atom stereocenters. The van der Waals surface area contributed by atoms with Crippen molar-refractivity contribution in [3.63, 3.8) is 0 Å². The van der Waals surface area contributed by atoms with E-state index in [0.29, 0.717) is 54.1 Å². The highest BCUT2D eigenvalue weighted by atomic mass is 16.5. The molecule has 3 saturated carbocycles. The molecular formula is C25H36O5. The third-order valence-electron chi connectivity index (χ3n) is 8.90. The smallest absolute Gasteiger partial charge is 0.306 e. The Balaban J connectivity index is 1.50. The van der Waals surface area contributed by atoms with Gasteiger partial charge in [0.05, 0.1) is 0 Å². The van der Waals surface area contributed by atoms with Gasteiger partial charge in [0.15, 0.2) is 5.78 Å². The maximum absolute atomic E-state index is 12.4. The van der Waals surface area contributed by atoms with E-state index in [1.807, 2.05) is 6.08 Å². The predicted molar refractivity (Wildman–Crippen MR) is 113 cm³/mol. The van der Waals surface area contributed by atoms with E-state index in [0.717, 1.165) is 32.1 Å². The first kappa shape index (κ1) is 21.6. The Morgan fingerprint density at radius 1 is 1.13 bits per heavy atom. The summed E-state index contributed by atoms with van der Waals surface area (Å²) in [5.74, 6) is 2.67. The van der Waals surface area contributed by atoms with Gasteiger partial charge in [-0.3, -0.25) is 14.4 Å². The second-order valence-electron chi connectivity index (χ2n) is 10.8. The molecule has 0 amide bonds. The van der Waals surface area contributed by atoms with E-state index in [1.165, 1.54) is 5.57 Å². The fourth-order valence-electron chi connectivity index (χ4n) is 7.88. The monoisotopic (exact) mass is 416 g/mol. The van der Waals surface area contributed by atoms with Crippen molar-refractivity contribution in [2.75, 3.05) is 0 Å². The van der Waals surface area contributed by atoms with Crippen LogP contribution < -0.4 is 0 Å². The third kappa shape index (κ3) is 3.73. The lowest BCUT2D eigenvalue weighted by atomic mass is 9.47. The van der Waals surface area contributed by atoms with Gasteiger partial charge in [0.1, 0.15) is 6.10 Å². The number of carboxylic acid groups (broad SMARTS) is 1. The highest BCUT2D eigenvalue weighted by Crippen LogP contribution is 2.65. The molecule has 0 radical (unpaired) electrons. The summed E-state index contributed by atoms with van der Waals surface area (Å²) in [6.45, 7) is 7.06. The third-order valence-corrected chi connectivity index (χ3v) is 8.90. The number of rotatable bonds is 5. The Hall–Kier alpha value is -1.65. The van der Waals surface area contributed by atoms with Crippen LogP contribution in [0, 0.1) is 40.9 Å². The number of hydrogen-bond donors (Lipinski definition) is 1. The van der Waals surface area contributed by atoms with E-state index in [1.54, 1.807) is 0 Å². The molecule has 0 aromatic carbocycles. The van der Waals surface area contributed by atoms with Crippen LogP contribution in [-0.2, 0) is 19.1 Å². The number of ketones is 1. The van der Waals surface area contributed by atoms with Gasteiger partial charge < -0.3 is 9.84 Å². The molecule has 5 nitrogen and oxygen atoms in total. The summed E-state index contributed by atoms with van der Waals surface area (Å²) in [5.41, 5.74) is 1.40. The van der Waals surface area contributed by atoms with Gasteiger partial charge in [-0.2, -0.15) is 0 Å². The molecule has 4 rings (SSSR count). The van der Waals surface area contributed by atoms with Crippen molar-refractivity contribution < 1.29 is 24.2 Å². The van der Waals surface area contributed by atoms with E-state index >= 15 is 0 Å². The summed E-state index contributed by atoms with van der Waals surface area (Å²) < 4.78 is 5.96. The van der Waals surface area contributed by atoms with Gasteiger partial charge in [-0.25, -0.2) is 0 Å². The van der Waals surface area contributed by atoms with Crippen LogP contribution in [0.15, 0.2) is 11.6 Å². The largest absolute Gasteiger partial charge is 0.481 e. The Morgan fingerprint density at radius 3 is 2.63 bits per heavy atom. The average molecular weight is 417 g/mol. The lowest BCUT2D eigenvalue weighted by molar-refractivity contribution is -0.162. The van der Waals surface area contributed by atoms with Crippen LogP contribution in [0.3, 0.4) is 0 Å². The molecular weight excluding hydrogens is 380 g/mol. The number of hydrogen-bond acceptors (Lipinski definition) is 4. The maximum Gasteiger partial charge on any atom is 0.306 e. The zero-order chi connectivity index (χ0) is 21.6. The van der Waals surface area contributed by atoms with Crippen LogP contribution in [0.5, 0.6) is 0 Å². The molecule has 0 aromatic rings. The zero-order valence-electron chi connectivity index (χ0n) is 18.6. The van der Waals surface area contributed by atoms with Crippen molar-refractivity contribution >= 4 is 17.7 Å². The van der Waals surface area contributed by atoms with Crippen LogP contribution in [0.4, 0.5) is 0 Å². The molecule has 4 aliphatic rings. The number of carbonyl (C=O) groups is 3. The minimum Gasteiger partial charge on any atom is -0.481 e. The molecule has 0 heterocycles. The second-order valence-corrected chi connectivity index (χ2v) is 10.8. The van der Waals surface area contributed by atoms with Crippen LogP contribution in [0.1, 0.15) is 78.6 Å². The molecule has 0 saturated heterocycles. The average Bonchev–Trinajstić information content (AvgIpc) is 2.96. The van der Waals surface area contributed by atoms with E-state index in [9.17, 15) is 14.4 Å². The van der Waals surface area contributed by atoms with E-state index in [2.05, 4.69) is 20.8 Å². The van der Waals surface area contributed by atoms with Gasteiger partial charge in [-0.05, 0) is 80.1 Å². The van der Waals surface area contributed by atoms with Gasteiger partial charge >= 0.3 is 11.9 Å². The first-order valence-electron chi connectivity index (χ1n) is 11.8. The lowest BCUT2D eigenvalue weighted by Gasteiger charge is -2.58. The standard InChI is InChI=1S/C25H36O5/c1-14-11-16-12-17(26)7-8-18(16)23-15(2)13-25(3)19(24(14)23)9-10-20(25)30-22(29)6-4-5-21(27)28/h12,14-15,18-20,23-24H,4-11,13H2,1-3H3,(H,27,28)/t14-,15+,18?,19?,20+,23?,24?,25+/m1/s1. The highest BCUT2D eigenvalue weighted by Gasteiger charge is 2.60. The number of allylic oxidation sites excluding steroid dienone is 1. The molecule has 0 spiro atoms. The predicted octanol–water partition coefficient (Wildman–Crippen LogP) is 4.79. The molecule has 166 valence electrons. The minimum absolute atomic E-state index is 0.00298. The second kappa shape index (κ2) is 8.12. The molecule has 1 N–H and O–H groups in total. The Morgan fingerprint density at radius 2 is 1.90 bits per heavy atom. The van der Waals surface area contributed by atoms with Crippen molar-refractivity contribution in [3.05, 3.63) is 11.6 Å². The fraction of sp³-hybridized carbons (Fsp3) is 0.800. The number of aliphatic carboxylic acids is 1. The van der Waals surface area contributed by atoms with Crippen molar-refractivity contribution in [3.8, 4) is 0 Å². The summed E-state index contributed by atoms with van der Waals surface area (Å²) in [7, 11) is 0. The summed E-state index contributed by atoms with van der Waals surface area (Å²) in [5, 5.41) is 8.79.